The van der Waals surface area contributed by atoms with E-state index in [9.17, 15) is 14.4 Å². The molecule has 1 aliphatic rings. The maximum absolute atomic E-state index is 12.5. The lowest BCUT2D eigenvalue weighted by Gasteiger charge is -2.12. The van der Waals surface area contributed by atoms with E-state index < -0.39 is 17.8 Å². The molecule has 1 aliphatic carbocycles. The maximum atomic E-state index is 12.5. The first-order chi connectivity index (χ1) is 18.4. The van der Waals surface area contributed by atoms with Gasteiger partial charge in [0.2, 0.25) is 0 Å². The largest absolute Gasteiger partial charge is 0.496 e. The van der Waals surface area contributed by atoms with Crippen molar-refractivity contribution in [2.45, 2.75) is 32.3 Å². The SMILES string of the molecule is COC(=O)c1c(NC(=O)C(=O)NN=Cc2ccc(OC)c(COc3ccccc3Cl)c2)sc2c1CCCC2. The predicted molar refractivity (Wildman–Crippen MR) is 145 cm³/mol. The van der Waals surface area contributed by atoms with E-state index in [1.165, 1.54) is 24.7 Å². The zero-order chi connectivity index (χ0) is 27.1. The van der Waals surface area contributed by atoms with Crippen LogP contribution in [0.3, 0.4) is 0 Å². The minimum absolute atomic E-state index is 0.191. The number of carbonyl (C=O) groups excluding carboxylic acids is 3. The van der Waals surface area contributed by atoms with Crippen molar-refractivity contribution in [2.75, 3.05) is 19.5 Å². The van der Waals surface area contributed by atoms with Gasteiger partial charge in [0.1, 0.15) is 23.1 Å². The normalized spacial score (nSPS) is 12.5. The quantitative estimate of drug-likeness (QED) is 0.179. The molecule has 1 heterocycles. The van der Waals surface area contributed by atoms with Crippen molar-refractivity contribution < 1.29 is 28.6 Å². The number of hydrogen-bond donors (Lipinski definition) is 2. The van der Waals surface area contributed by atoms with E-state index in [2.05, 4.69) is 15.8 Å². The fraction of sp³-hybridized carbons (Fsp3) is 0.259. The Hall–Kier alpha value is -3.89. The Morgan fingerprint density at radius 2 is 1.84 bits per heavy atom. The van der Waals surface area contributed by atoms with Gasteiger partial charge >= 0.3 is 17.8 Å². The zero-order valence-corrected chi connectivity index (χ0v) is 22.4. The van der Waals surface area contributed by atoms with Crippen LogP contribution in [0.1, 0.15) is 44.8 Å². The van der Waals surface area contributed by atoms with Crippen molar-refractivity contribution in [3.63, 3.8) is 0 Å². The Balaban J connectivity index is 1.40. The number of anilines is 1. The number of esters is 1. The number of ether oxygens (including phenoxy) is 3. The summed E-state index contributed by atoms with van der Waals surface area (Å²) >= 11 is 7.45. The molecule has 0 saturated carbocycles. The van der Waals surface area contributed by atoms with E-state index >= 15 is 0 Å². The van der Waals surface area contributed by atoms with Crippen LogP contribution in [0, 0.1) is 0 Å². The molecule has 0 fully saturated rings. The lowest BCUT2D eigenvalue weighted by molar-refractivity contribution is -0.136. The molecule has 2 amide bonds. The smallest absolute Gasteiger partial charge is 0.341 e. The van der Waals surface area contributed by atoms with Crippen LogP contribution in [0.4, 0.5) is 5.00 Å². The first-order valence-electron chi connectivity index (χ1n) is 11.8. The molecule has 4 rings (SSSR count). The predicted octanol–water partition coefficient (Wildman–Crippen LogP) is 4.74. The molecule has 2 N–H and O–H groups in total. The summed E-state index contributed by atoms with van der Waals surface area (Å²) in [7, 11) is 2.84. The van der Waals surface area contributed by atoms with E-state index in [4.69, 9.17) is 25.8 Å². The summed E-state index contributed by atoms with van der Waals surface area (Å²) < 4.78 is 16.1. The number of para-hydroxylation sites is 1. The Labute approximate surface area is 228 Å². The summed E-state index contributed by atoms with van der Waals surface area (Å²) in [4.78, 5) is 38.3. The lowest BCUT2D eigenvalue weighted by Crippen LogP contribution is -2.32. The number of halogens is 1. The molecule has 0 spiro atoms. The average molecular weight is 556 g/mol. The third-order valence-corrected chi connectivity index (χ3v) is 7.42. The number of hydrogen-bond acceptors (Lipinski definition) is 8. The average Bonchev–Trinajstić information content (AvgIpc) is 3.30. The molecule has 0 atom stereocenters. The number of benzene rings is 2. The van der Waals surface area contributed by atoms with Crippen LogP contribution in [-0.4, -0.2) is 38.2 Å². The highest BCUT2D eigenvalue weighted by molar-refractivity contribution is 7.17. The summed E-state index contributed by atoms with van der Waals surface area (Å²) in [5.41, 5.74) is 4.80. The first kappa shape index (κ1) is 27.2. The number of methoxy groups -OCH3 is 2. The van der Waals surface area contributed by atoms with Gasteiger partial charge in [-0.1, -0.05) is 23.7 Å². The van der Waals surface area contributed by atoms with Crippen molar-refractivity contribution >= 4 is 51.9 Å². The monoisotopic (exact) mass is 555 g/mol. The Morgan fingerprint density at radius 3 is 2.61 bits per heavy atom. The Kier molecular flexibility index (Phi) is 8.98. The van der Waals surface area contributed by atoms with Gasteiger partial charge in [0, 0.05) is 10.4 Å². The third kappa shape index (κ3) is 6.32. The van der Waals surface area contributed by atoms with Gasteiger partial charge in [-0.15, -0.1) is 11.3 Å². The molecule has 0 unspecified atom stereocenters. The van der Waals surface area contributed by atoms with Crippen LogP contribution in [-0.2, 0) is 33.8 Å². The Morgan fingerprint density at radius 1 is 1.05 bits per heavy atom. The molecule has 0 radical (unpaired) electrons. The molecular formula is C27H26ClN3O6S. The molecule has 11 heteroatoms. The minimum Gasteiger partial charge on any atom is -0.496 e. The summed E-state index contributed by atoms with van der Waals surface area (Å²) in [6.07, 6.45) is 4.91. The number of amides is 2. The number of aryl methyl sites for hydroxylation is 1. The second-order valence-corrected chi connectivity index (χ2v) is 9.86. The highest BCUT2D eigenvalue weighted by Crippen LogP contribution is 2.38. The highest BCUT2D eigenvalue weighted by atomic mass is 35.5. The second kappa shape index (κ2) is 12.6. The van der Waals surface area contributed by atoms with E-state index in [1.807, 2.05) is 12.1 Å². The van der Waals surface area contributed by atoms with Crippen LogP contribution >= 0.6 is 22.9 Å². The van der Waals surface area contributed by atoms with Gasteiger partial charge in [0.15, 0.2) is 0 Å². The van der Waals surface area contributed by atoms with Crippen molar-refractivity contribution in [2.24, 2.45) is 5.10 Å². The van der Waals surface area contributed by atoms with E-state index in [1.54, 1.807) is 37.4 Å². The summed E-state index contributed by atoms with van der Waals surface area (Å²) in [6, 6.07) is 12.4. The van der Waals surface area contributed by atoms with Crippen molar-refractivity contribution in [3.8, 4) is 11.5 Å². The molecule has 9 nitrogen and oxygen atoms in total. The summed E-state index contributed by atoms with van der Waals surface area (Å²) in [6.45, 7) is 0.191. The van der Waals surface area contributed by atoms with E-state index in [0.29, 0.717) is 32.6 Å². The molecule has 198 valence electrons. The maximum Gasteiger partial charge on any atom is 0.341 e. The number of hydrazone groups is 1. The van der Waals surface area contributed by atoms with E-state index in [0.717, 1.165) is 41.7 Å². The fourth-order valence-electron chi connectivity index (χ4n) is 4.06. The van der Waals surface area contributed by atoms with Gasteiger partial charge < -0.3 is 19.5 Å². The van der Waals surface area contributed by atoms with Gasteiger partial charge in [0.05, 0.1) is 31.0 Å². The van der Waals surface area contributed by atoms with Gasteiger partial charge in [0.25, 0.3) is 0 Å². The topological polar surface area (TPSA) is 115 Å². The standard InChI is InChI=1S/C27H26ClN3O6S/c1-35-20-12-11-16(13-17(20)15-37-21-9-5-4-8-19(21)28)14-29-31-25(33)24(32)30-26-23(27(34)36-2)18-7-3-6-10-22(18)38-26/h4-5,8-9,11-14H,3,6-7,10,15H2,1-2H3,(H,30,32)(H,31,33). The lowest BCUT2D eigenvalue weighted by atomic mass is 9.95. The van der Waals surface area contributed by atoms with E-state index in [-0.39, 0.29) is 6.61 Å². The van der Waals surface area contributed by atoms with Crippen LogP contribution in [0.15, 0.2) is 47.6 Å². The number of nitrogens with zero attached hydrogens (tertiary/aromatic N) is 1. The van der Waals surface area contributed by atoms with Crippen LogP contribution in [0.2, 0.25) is 5.02 Å². The van der Waals surface area contributed by atoms with Gasteiger partial charge in [-0.2, -0.15) is 5.10 Å². The molecule has 2 aromatic carbocycles. The Bertz CT molecular complexity index is 1390. The minimum atomic E-state index is -0.973. The van der Waals surface area contributed by atoms with Gasteiger partial charge in [-0.25, -0.2) is 10.2 Å². The van der Waals surface area contributed by atoms with Crippen molar-refractivity contribution in [1.82, 2.24) is 5.43 Å². The van der Waals surface area contributed by atoms with Gasteiger partial charge in [-0.05, 0) is 67.1 Å². The number of thiophene rings is 1. The summed E-state index contributed by atoms with van der Waals surface area (Å²) in [5, 5.41) is 7.24. The molecular weight excluding hydrogens is 530 g/mol. The van der Waals surface area contributed by atoms with Crippen LogP contribution in [0.5, 0.6) is 11.5 Å². The van der Waals surface area contributed by atoms with Crippen molar-refractivity contribution in [3.05, 3.63) is 74.6 Å². The molecule has 3 aromatic rings. The zero-order valence-electron chi connectivity index (χ0n) is 20.8. The highest BCUT2D eigenvalue weighted by Gasteiger charge is 2.28. The molecule has 0 aliphatic heterocycles. The number of rotatable bonds is 8. The van der Waals surface area contributed by atoms with Crippen LogP contribution < -0.4 is 20.2 Å². The molecule has 0 saturated heterocycles. The number of nitrogens with one attached hydrogen (secondary N) is 2. The second-order valence-electron chi connectivity index (χ2n) is 8.35. The molecule has 1 aromatic heterocycles. The van der Waals surface area contributed by atoms with Gasteiger partial charge in [-0.3, -0.25) is 9.59 Å². The third-order valence-electron chi connectivity index (χ3n) is 5.90. The fourth-order valence-corrected chi connectivity index (χ4v) is 5.52. The van der Waals surface area contributed by atoms with Crippen LogP contribution in [0.25, 0.3) is 0 Å². The molecule has 0 bridgehead atoms. The number of carbonyl (C=O) groups is 3. The molecule has 38 heavy (non-hydrogen) atoms. The first-order valence-corrected chi connectivity index (χ1v) is 13.0. The number of fused-ring (bicyclic) bond motifs is 1. The van der Waals surface area contributed by atoms with Crippen molar-refractivity contribution in [1.29, 1.82) is 0 Å². The summed E-state index contributed by atoms with van der Waals surface area (Å²) in [5.74, 6) is -1.30.